The molecule has 0 atom stereocenters. The second kappa shape index (κ2) is 4.62. The maximum Gasteiger partial charge on any atom is 0.229 e. The van der Waals surface area contributed by atoms with Crippen LogP contribution in [0.4, 0.5) is 11.9 Å². The lowest BCUT2D eigenvalue weighted by Gasteiger charge is -2.37. The van der Waals surface area contributed by atoms with E-state index in [2.05, 4.69) is 25.6 Å². The van der Waals surface area contributed by atoms with Gasteiger partial charge in [0.15, 0.2) is 0 Å². The van der Waals surface area contributed by atoms with Gasteiger partial charge in [-0.25, -0.2) is 0 Å². The predicted octanol–water partition coefficient (Wildman–Crippen LogP) is 1.53. The Kier molecular flexibility index (Phi) is 3.78. The van der Waals surface area contributed by atoms with Crippen LogP contribution in [0.2, 0.25) is 5.28 Å². The fourth-order valence-electron chi connectivity index (χ4n) is 0.950. The maximum atomic E-state index is 10.0. The lowest BCUT2D eigenvalue weighted by Crippen LogP contribution is -2.51. The Morgan fingerprint density at radius 3 is 2.06 bits per heavy atom. The Morgan fingerprint density at radius 1 is 1.06 bits per heavy atom. The molecule has 0 fully saturated rings. The van der Waals surface area contributed by atoms with E-state index in [-0.39, 0.29) is 5.28 Å². The summed E-state index contributed by atoms with van der Waals surface area (Å²) in [5.74, 6) is 0.695. The average molecular weight is 260 g/mol. The molecular weight excluding hydrogens is 242 g/mol. The molecule has 96 valence electrons. The quantitative estimate of drug-likeness (QED) is 0.761. The molecule has 0 bridgehead atoms. The van der Waals surface area contributed by atoms with Crippen LogP contribution in [0.25, 0.3) is 0 Å². The Bertz CT molecular complexity index is 402. The van der Waals surface area contributed by atoms with Crippen LogP contribution in [0, 0.1) is 0 Å². The number of nitrogens with zero attached hydrogens (tertiary/aromatic N) is 3. The van der Waals surface area contributed by atoms with E-state index in [1.165, 1.54) is 0 Å². The molecule has 0 unspecified atom stereocenters. The van der Waals surface area contributed by atoms with E-state index in [0.717, 1.165) is 0 Å². The van der Waals surface area contributed by atoms with Crippen LogP contribution in [-0.4, -0.2) is 38.2 Å². The molecule has 7 heteroatoms. The first kappa shape index (κ1) is 13.9. The molecule has 17 heavy (non-hydrogen) atoms. The summed E-state index contributed by atoms with van der Waals surface area (Å²) in [6.45, 7) is 7.12. The lowest BCUT2D eigenvalue weighted by atomic mass is 9.86. The summed E-state index contributed by atoms with van der Waals surface area (Å²) in [5, 5.41) is 15.9. The molecule has 6 nitrogen and oxygen atoms in total. The summed E-state index contributed by atoms with van der Waals surface area (Å²) in [6.07, 6.45) is 0. The standard InChI is InChI=1S/C10H18ClN5O/c1-9(2,10(3,4)17)16-8-14-6(11)13-7(12-5)15-8/h17H,1-5H3,(H2,12,13,14,15,16). The van der Waals surface area contributed by atoms with E-state index >= 15 is 0 Å². The van der Waals surface area contributed by atoms with Crippen LogP contribution in [0.5, 0.6) is 0 Å². The lowest BCUT2D eigenvalue weighted by molar-refractivity contribution is 0.0237. The number of anilines is 2. The van der Waals surface area contributed by atoms with Crippen molar-refractivity contribution in [1.82, 2.24) is 15.0 Å². The van der Waals surface area contributed by atoms with Crippen molar-refractivity contribution in [3.8, 4) is 0 Å². The minimum absolute atomic E-state index is 0.0957. The van der Waals surface area contributed by atoms with Crippen molar-refractivity contribution in [3.05, 3.63) is 5.28 Å². The van der Waals surface area contributed by atoms with Gasteiger partial charge in [0.05, 0.1) is 11.1 Å². The third-order valence-corrected chi connectivity index (χ3v) is 2.95. The summed E-state index contributed by atoms with van der Waals surface area (Å²) in [4.78, 5) is 11.9. The molecule has 3 N–H and O–H groups in total. The number of nitrogens with one attached hydrogen (secondary N) is 2. The zero-order valence-electron chi connectivity index (χ0n) is 10.7. The van der Waals surface area contributed by atoms with Crippen LogP contribution in [0.1, 0.15) is 27.7 Å². The summed E-state index contributed by atoms with van der Waals surface area (Å²) in [6, 6.07) is 0. The SMILES string of the molecule is CNc1nc(Cl)nc(NC(C)(C)C(C)(C)O)n1. The van der Waals surface area contributed by atoms with Gasteiger partial charge in [-0.1, -0.05) is 0 Å². The van der Waals surface area contributed by atoms with E-state index in [4.69, 9.17) is 11.6 Å². The van der Waals surface area contributed by atoms with Crippen molar-refractivity contribution in [2.75, 3.05) is 17.7 Å². The molecule has 1 heterocycles. The van der Waals surface area contributed by atoms with Gasteiger partial charge in [0, 0.05) is 7.05 Å². The van der Waals surface area contributed by atoms with Gasteiger partial charge in [-0.05, 0) is 39.3 Å². The van der Waals surface area contributed by atoms with E-state index in [1.54, 1.807) is 20.9 Å². The summed E-state index contributed by atoms with van der Waals surface area (Å²) in [7, 11) is 1.69. The van der Waals surface area contributed by atoms with Gasteiger partial charge in [0.2, 0.25) is 17.2 Å². The van der Waals surface area contributed by atoms with Crippen LogP contribution in [0.3, 0.4) is 0 Å². The number of aliphatic hydroxyl groups is 1. The molecular formula is C10H18ClN5O. The van der Waals surface area contributed by atoms with E-state index in [9.17, 15) is 5.11 Å². The van der Waals surface area contributed by atoms with E-state index in [0.29, 0.717) is 11.9 Å². The summed E-state index contributed by atoms with van der Waals surface area (Å²) >= 11 is 5.77. The molecule has 0 aliphatic carbocycles. The number of hydrogen-bond acceptors (Lipinski definition) is 6. The Hall–Kier alpha value is -1.14. The molecule has 0 saturated heterocycles. The minimum atomic E-state index is -0.939. The van der Waals surface area contributed by atoms with E-state index in [1.807, 2.05) is 13.8 Å². The highest BCUT2D eigenvalue weighted by Gasteiger charge is 2.35. The van der Waals surface area contributed by atoms with Gasteiger partial charge in [-0.3, -0.25) is 0 Å². The van der Waals surface area contributed by atoms with Gasteiger partial charge >= 0.3 is 0 Å². The van der Waals surface area contributed by atoms with Gasteiger partial charge in [-0.2, -0.15) is 15.0 Å². The predicted molar refractivity (Wildman–Crippen MR) is 68.4 cm³/mol. The Morgan fingerprint density at radius 2 is 1.59 bits per heavy atom. The molecule has 0 saturated carbocycles. The van der Waals surface area contributed by atoms with Gasteiger partial charge in [0.1, 0.15) is 0 Å². The van der Waals surface area contributed by atoms with Crippen molar-refractivity contribution < 1.29 is 5.11 Å². The second-order valence-corrected chi connectivity index (χ2v) is 5.15. The fraction of sp³-hybridized carbons (Fsp3) is 0.700. The molecule has 1 rings (SSSR count). The summed E-state index contributed by atoms with van der Waals surface area (Å²) < 4.78 is 0. The highest BCUT2D eigenvalue weighted by molar-refractivity contribution is 6.28. The van der Waals surface area contributed by atoms with E-state index < -0.39 is 11.1 Å². The van der Waals surface area contributed by atoms with Crippen molar-refractivity contribution >= 4 is 23.5 Å². The van der Waals surface area contributed by atoms with Crippen LogP contribution >= 0.6 is 11.6 Å². The largest absolute Gasteiger partial charge is 0.388 e. The minimum Gasteiger partial charge on any atom is -0.388 e. The highest BCUT2D eigenvalue weighted by atomic mass is 35.5. The second-order valence-electron chi connectivity index (χ2n) is 4.81. The topological polar surface area (TPSA) is 83.0 Å². The smallest absolute Gasteiger partial charge is 0.229 e. The zero-order chi connectivity index (χ0) is 13.3. The first-order chi connectivity index (χ1) is 7.65. The van der Waals surface area contributed by atoms with Crippen molar-refractivity contribution in [1.29, 1.82) is 0 Å². The Labute approximate surface area is 106 Å². The molecule has 0 aliphatic rings. The zero-order valence-corrected chi connectivity index (χ0v) is 11.4. The molecule has 1 aromatic heterocycles. The normalized spacial score (nSPS) is 12.4. The number of hydrogen-bond donors (Lipinski definition) is 3. The molecule has 0 amide bonds. The highest BCUT2D eigenvalue weighted by Crippen LogP contribution is 2.24. The maximum absolute atomic E-state index is 10.0. The Balaban J connectivity index is 2.99. The first-order valence-corrected chi connectivity index (χ1v) is 5.63. The third-order valence-electron chi connectivity index (χ3n) is 2.79. The monoisotopic (exact) mass is 259 g/mol. The van der Waals surface area contributed by atoms with Gasteiger partial charge < -0.3 is 15.7 Å². The van der Waals surface area contributed by atoms with Crippen molar-refractivity contribution in [2.24, 2.45) is 0 Å². The number of aromatic nitrogens is 3. The van der Waals surface area contributed by atoms with Crippen LogP contribution in [-0.2, 0) is 0 Å². The molecule has 0 spiro atoms. The average Bonchev–Trinajstić information content (AvgIpc) is 2.14. The summed E-state index contributed by atoms with van der Waals surface area (Å²) in [5.41, 5.74) is -1.55. The van der Waals surface area contributed by atoms with Crippen molar-refractivity contribution in [3.63, 3.8) is 0 Å². The molecule has 1 aromatic rings. The molecule has 0 aromatic carbocycles. The number of rotatable bonds is 4. The van der Waals surface area contributed by atoms with Gasteiger partial charge in [0.25, 0.3) is 0 Å². The van der Waals surface area contributed by atoms with Crippen LogP contribution in [0.15, 0.2) is 0 Å². The van der Waals surface area contributed by atoms with Gasteiger partial charge in [-0.15, -0.1) is 0 Å². The van der Waals surface area contributed by atoms with Crippen molar-refractivity contribution in [2.45, 2.75) is 38.8 Å². The first-order valence-electron chi connectivity index (χ1n) is 5.25. The third kappa shape index (κ3) is 3.41. The molecule has 0 aliphatic heterocycles. The fourth-order valence-corrected chi connectivity index (χ4v) is 1.11. The molecule has 0 radical (unpaired) electrons. The number of halogens is 1. The van der Waals surface area contributed by atoms with Crippen LogP contribution < -0.4 is 10.6 Å².